The Kier molecular flexibility index (Phi) is 5.49. The first-order valence-electron chi connectivity index (χ1n) is 9.02. The summed E-state index contributed by atoms with van der Waals surface area (Å²) in [6.07, 6.45) is 1.70. The normalized spacial score (nSPS) is 10.5. The SMILES string of the molecule is O=C(NNC(=O)c1cn(Cc2ccccc2)nc1-c1cccs1)c1ccccc1. The van der Waals surface area contributed by atoms with Crippen molar-refractivity contribution in [3.8, 4) is 10.6 Å². The molecule has 29 heavy (non-hydrogen) atoms. The van der Waals surface area contributed by atoms with E-state index in [1.165, 1.54) is 11.3 Å². The van der Waals surface area contributed by atoms with Crippen molar-refractivity contribution < 1.29 is 9.59 Å². The lowest BCUT2D eigenvalue weighted by molar-refractivity contribution is 0.0847. The number of benzene rings is 2. The summed E-state index contributed by atoms with van der Waals surface area (Å²) in [5, 5.41) is 6.54. The van der Waals surface area contributed by atoms with E-state index in [-0.39, 0.29) is 5.91 Å². The molecule has 0 saturated carbocycles. The van der Waals surface area contributed by atoms with Crippen molar-refractivity contribution in [2.24, 2.45) is 0 Å². The predicted octanol–water partition coefficient (Wildman–Crippen LogP) is 3.73. The zero-order valence-corrected chi connectivity index (χ0v) is 16.2. The van der Waals surface area contributed by atoms with Crippen LogP contribution in [0.3, 0.4) is 0 Å². The Bertz CT molecular complexity index is 1110. The van der Waals surface area contributed by atoms with Crippen molar-refractivity contribution in [2.75, 3.05) is 0 Å². The third-order valence-electron chi connectivity index (χ3n) is 4.27. The highest BCUT2D eigenvalue weighted by molar-refractivity contribution is 7.13. The second kappa shape index (κ2) is 8.53. The molecule has 4 aromatic rings. The molecule has 0 unspecified atom stereocenters. The van der Waals surface area contributed by atoms with Crippen LogP contribution in [0.15, 0.2) is 84.4 Å². The largest absolute Gasteiger partial charge is 0.273 e. The molecule has 7 heteroatoms. The molecule has 0 spiro atoms. The number of nitrogens with zero attached hydrogens (tertiary/aromatic N) is 2. The Morgan fingerprint density at radius 2 is 1.55 bits per heavy atom. The maximum atomic E-state index is 12.8. The number of nitrogens with one attached hydrogen (secondary N) is 2. The van der Waals surface area contributed by atoms with Gasteiger partial charge in [-0.3, -0.25) is 25.1 Å². The molecule has 0 fully saturated rings. The molecular formula is C22H18N4O2S. The van der Waals surface area contributed by atoms with E-state index in [1.54, 1.807) is 35.1 Å². The lowest BCUT2D eigenvalue weighted by Crippen LogP contribution is -2.41. The maximum absolute atomic E-state index is 12.8. The molecule has 0 saturated heterocycles. The summed E-state index contributed by atoms with van der Waals surface area (Å²) < 4.78 is 1.73. The van der Waals surface area contributed by atoms with Gasteiger partial charge in [-0.05, 0) is 29.1 Å². The van der Waals surface area contributed by atoms with Crippen molar-refractivity contribution in [2.45, 2.75) is 6.54 Å². The van der Waals surface area contributed by atoms with Gasteiger partial charge in [0.05, 0.1) is 17.0 Å². The molecule has 0 aliphatic heterocycles. The zero-order chi connectivity index (χ0) is 20.1. The second-order valence-electron chi connectivity index (χ2n) is 6.33. The van der Waals surface area contributed by atoms with Gasteiger partial charge in [-0.25, -0.2) is 0 Å². The summed E-state index contributed by atoms with van der Waals surface area (Å²) in [6.45, 7) is 0.545. The first-order chi connectivity index (χ1) is 14.2. The van der Waals surface area contributed by atoms with Crippen LogP contribution in [-0.4, -0.2) is 21.6 Å². The minimum absolute atomic E-state index is 0.381. The average Bonchev–Trinajstić information content (AvgIpc) is 3.43. The molecule has 2 amide bonds. The summed E-state index contributed by atoms with van der Waals surface area (Å²) in [6, 6.07) is 22.4. The average molecular weight is 402 g/mol. The van der Waals surface area contributed by atoms with Crippen molar-refractivity contribution >= 4 is 23.2 Å². The Labute approximate surface area is 171 Å². The van der Waals surface area contributed by atoms with Crippen molar-refractivity contribution in [3.05, 3.63) is 101 Å². The van der Waals surface area contributed by atoms with Crippen LogP contribution < -0.4 is 10.9 Å². The number of aromatic nitrogens is 2. The highest BCUT2D eigenvalue weighted by Gasteiger charge is 2.19. The Balaban J connectivity index is 1.54. The van der Waals surface area contributed by atoms with E-state index in [1.807, 2.05) is 53.9 Å². The summed E-state index contributed by atoms with van der Waals surface area (Å²) in [5.74, 6) is -0.801. The van der Waals surface area contributed by atoms with E-state index < -0.39 is 5.91 Å². The number of carbonyl (C=O) groups excluding carboxylic acids is 2. The molecule has 4 rings (SSSR count). The highest BCUT2D eigenvalue weighted by atomic mass is 32.1. The molecular weight excluding hydrogens is 384 g/mol. The minimum atomic E-state index is -0.419. The van der Waals surface area contributed by atoms with E-state index in [2.05, 4.69) is 16.0 Å². The molecule has 2 heterocycles. The van der Waals surface area contributed by atoms with Crippen LogP contribution in [0.1, 0.15) is 26.3 Å². The first kappa shape index (κ1) is 18.6. The van der Waals surface area contributed by atoms with Crippen LogP contribution in [0.5, 0.6) is 0 Å². The number of rotatable bonds is 5. The Morgan fingerprint density at radius 1 is 0.862 bits per heavy atom. The Morgan fingerprint density at radius 3 is 2.24 bits per heavy atom. The summed E-state index contributed by atoms with van der Waals surface area (Å²) in [7, 11) is 0. The van der Waals surface area contributed by atoms with Gasteiger partial charge in [0.15, 0.2) is 0 Å². The molecule has 2 aromatic heterocycles. The molecule has 6 nitrogen and oxygen atoms in total. The standard InChI is InChI=1S/C22H18N4O2S/c27-21(17-10-5-2-6-11-17)23-24-22(28)18-15-26(14-16-8-3-1-4-9-16)25-20(18)19-12-7-13-29-19/h1-13,15H,14H2,(H,23,27)(H,24,28). The van der Waals surface area contributed by atoms with Crippen LogP contribution >= 0.6 is 11.3 Å². The monoisotopic (exact) mass is 402 g/mol. The van der Waals surface area contributed by atoms with Crippen LogP contribution in [0.25, 0.3) is 10.6 Å². The van der Waals surface area contributed by atoms with Crippen molar-refractivity contribution in [3.63, 3.8) is 0 Å². The summed E-state index contributed by atoms with van der Waals surface area (Å²) >= 11 is 1.51. The number of hydrogen-bond acceptors (Lipinski definition) is 4. The fourth-order valence-corrected chi connectivity index (χ4v) is 3.60. The predicted molar refractivity (Wildman–Crippen MR) is 112 cm³/mol. The fraction of sp³-hybridized carbons (Fsp3) is 0.0455. The molecule has 2 N–H and O–H groups in total. The first-order valence-corrected chi connectivity index (χ1v) is 9.89. The Hall–Kier alpha value is -3.71. The van der Waals surface area contributed by atoms with E-state index in [0.717, 1.165) is 10.4 Å². The van der Waals surface area contributed by atoms with Gasteiger partial charge in [-0.2, -0.15) is 5.10 Å². The summed E-state index contributed by atoms with van der Waals surface area (Å²) in [4.78, 5) is 25.9. The van der Waals surface area contributed by atoms with Crippen LogP contribution in [-0.2, 0) is 6.54 Å². The third-order valence-corrected chi connectivity index (χ3v) is 5.15. The highest BCUT2D eigenvalue weighted by Crippen LogP contribution is 2.27. The molecule has 0 aliphatic carbocycles. The number of hydrazine groups is 1. The van der Waals surface area contributed by atoms with Crippen LogP contribution in [0.2, 0.25) is 0 Å². The van der Waals surface area contributed by atoms with Gasteiger partial charge in [-0.15, -0.1) is 11.3 Å². The third kappa shape index (κ3) is 4.41. The molecule has 144 valence electrons. The molecule has 0 bridgehead atoms. The van der Waals surface area contributed by atoms with Gasteiger partial charge in [0.2, 0.25) is 0 Å². The van der Waals surface area contributed by atoms with E-state index in [9.17, 15) is 9.59 Å². The van der Waals surface area contributed by atoms with Gasteiger partial charge < -0.3 is 0 Å². The van der Waals surface area contributed by atoms with E-state index >= 15 is 0 Å². The molecule has 0 radical (unpaired) electrons. The molecule has 0 atom stereocenters. The number of thiophene rings is 1. The van der Waals surface area contributed by atoms with Gasteiger partial charge in [-0.1, -0.05) is 54.6 Å². The van der Waals surface area contributed by atoms with Crippen LogP contribution in [0, 0.1) is 0 Å². The number of carbonyl (C=O) groups is 2. The molecule has 0 aliphatic rings. The smallest absolute Gasteiger partial charge is 0.267 e. The lowest BCUT2D eigenvalue weighted by Gasteiger charge is -2.07. The summed E-state index contributed by atoms with van der Waals surface area (Å²) in [5.41, 5.74) is 7.48. The van der Waals surface area contributed by atoms with Gasteiger partial charge in [0.25, 0.3) is 11.8 Å². The van der Waals surface area contributed by atoms with E-state index in [4.69, 9.17) is 0 Å². The minimum Gasteiger partial charge on any atom is -0.267 e. The second-order valence-corrected chi connectivity index (χ2v) is 7.27. The number of amides is 2. The number of hydrogen-bond donors (Lipinski definition) is 2. The van der Waals surface area contributed by atoms with Crippen LogP contribution in [0.4, 0.5) is 0 Å². The maximum Gasteiger partial charge on any atom is 0.273 e. The lowest BCUT2D eigenvalue weighted by atomic mass is 10.2. The van der Waals surface area contributed by atoms with Crippen molar-refractivity contribution in [1.82, 2.24) is 20.6 Å². The molecule has 2 aromatic carbocycles. The zero-order valence-electron chi connectivity index (χ0n) is 15.4. The van der Waals surface area contributed by atoms with E-state index in [0.29, 0.717) is 23.4 Å². The van der Waals surface area contributed by atoms with Gasteiger partial charge in [0, 0.05) is 11.8 Å². The van der Waals surface area contributed by atoms with Crippen molar-refractivity contribution in [1.29, 1.82) is 0 Å². The van der Waals surface area contributed by atoms with Gasteiger partial charge >= 0.3 is 0 Å². The van der Waals surface area contributed by atoms with Gasteiger partial charge in [0.1, 0.15) is 5.69 Å². The quantitative estimate of drug-likeness (QED) is 0.500. The topological polar surface area (TPSA) is 76.0 Å². The fourth-order valence-electron chi connectivity index (χ4n) is 2.88.